The maximum absolute atomic E-state index is 12.2. The monoisotopic (exact) mass is 868 g/mol. The smallest absolute Gasteiger partial charge is 0.238 e. The lowest BCUT2D eigenvalue weighted by molar-refractivity contribution is 0.403. The minimum Gasteiger partial charge on any atom is -0.508 e. The van der Waals surface area contributed by atoms with E-state index >= 15 is 0 Å². The largest absolute Gasteiger partial charge is 0.508 e. The highest BCUT2D eigenvalue weighted by Gasteiger charge is 2.19. The van der Waals surface area contributed by atoms with E-state index in [0.717, 1.165) is 11.6 Å². The minimum atomic E-state index is -0.777. The van der Waals surface area contributed by atoms with Crippen LogP contribution in [0.25, 0.3) is 66.9 Å². The van der Waals surface area contributed by atoms with Gasteiger partial charge >= 0.3 is 0 Å². The predicted octanol–water partition coefficient (Wildman–Crippen LogP) is 9.29. The molecule has 0 aliphatic heterocycles. The minimum absolute atomic E-state index is 0. The summed E-state index contributed by atoms with van der Waals surface area (Å²) in [4.78, 5) is 36.5. The molecule has 326 valence electrons. The van der Waals surface area contributed by atoms with Gasteiger partial charge in [0.1, 0.15) is 62.0 Å². The van der Waals surface area contributed by atoms with Crippen molar-refractivity contribution in [3.05, 3.63) is 157 Å². The first kappa shape index (κ1) is 44.7. The molecule has 0 amide bonds. The molecule has 0 bridgehead atoms. The van der Waals surface area contributed by atoms with Crippen molar-refractivity contribution in [1.82, 2.24) is 0 Å². The summed E-state index contributed by atoms with van der Waals surface area (Å²) in [6.45, 7) is 5.25. The molecule has 3 heterocycles. The van der Waals surface area contributed by atoms with Crippen LogP contribution in [0.15, 0.2) is 137 Å². The number of aromatic hydroxyl groups is 9. The number of fused-ring (bicyclic) bond motifs is 3. The average Bonchev–Trinajstić information content (AvgIpc) is 3.21. The van der Waals surface area contributed by atoms with Gasteiger partial charge in [0.05, 0.1) is 5.39 Å². The van der Waals surface area contributed by atoms with Crippen LogP contribution in [0, 0.1) is 20.8 Å². The Morgan fingerprint density at radius 1 is 0.391 bits per heavy atom. The summed E-state index contributed by atoms with van der Waals surface area (Å²) < 4.78 is 16.8. The van der Waals surface area contributed by atoms with Gasteiger partial charge in [-0.2, -0.15) is 0 Å². The molecule has 6 aromatic carbocycles. The van der Waals surface area contributed by atoms with E-state index in [0.29, 0.717) is 39.0 Å². The molecule has 9 N–H and O–H groups in total. The van der Waals surface area contributed by atoms with Crippen LogP contribution in [-0.2, 0) is 0 Å². The van der Waals surface area contributed by atoms with Gasteiger partial charge in [0, 0.05) is 34.9 Å². The first-order valence-electron chi connectivity index (χ1n) is 18.8. The van der Waals surface area contributed by atoms with Crippen LogP contribution in [0.4, 0.5) is 0 Å². The first-order chi connectivity index (χ1) is 29.9. The standard InChI is InChI=1S/C16H12O6.C16H12O5.C16H12O4.CH4/c1-7-4-11(19)13-12(5-7)22-16(15(21)14(13)20)8-2-3-9(17)10(18)6-8;1-8-4-12(19)16-13(20)7-14(21-15(16)5-8)9-2-3-10(17)11(18)6-9;1-9-6-12(18)7-15-16(9)13(19)8-14(20-15)10-2-4-11(17)5-3-10;/h2-6,17-19,21H,1H3;2-7,17-19H,1H3;2-8,17-18H,1H3;1H4. The van der Waals surface area contributed by atoms with Crippen LogP contribution in [0.3, 0.4) is 0 Å². The second-order valence-electron chi connectivity index (χ2n) is 14.5. The number of rotatable bonds is 3. The van der Waals surface area contributed by atoms with Gasteiger partial charge in [-0.1, -0.05) is 7.43 Å². The van der Waals surface area contributed by atoms with Gasteiger partial charge in [0.2, 0.25) is 11.2 Å². The highest BCUT2D eigenvalue weighted by molar-refractivity contribution is 5.88. The molecule has 64 heavy (non-hydrogen) atoms. The molecule has 15 nitrogen and oxygen atoms in total. The molecule has 0 fully saturated rings. The van der Waals surface area contributed by atoms with Crippen LogP contribution in [0.5, 0.6) is 51.7 Å². The fourth-order valence-corrected chi connectivity index (χ4v) is 6.74. The summed E-state index contributed by atoms with van der Waals surface area (Å²) in [7, 11) is 0. The van der Waals surface area contributed by atoms with E-state index in [2.05, 4.69) is 0 Å². The molecule has 0 unspecified atom stereocenters. The zero-order valence-corrected chi connectivity index (χ0v) is 33.4. The van der Waals surface area contributed by atoms with E-state index in [9.17, 15) is 60.3 Å². The van der Waals surface area contributed by atoms with Crippen LogP contribution in [0.1, 0.15) is 24.1 Å². The van der Waals surface area contributed by atoms with Crippen molar-refractivity contribution in [2.75, 3.05) is 0 Å². The third kappa shape index (κ3) is 8.94. The van der Waals surface area contributed by atoms with Crippen molar-refractivity contribution in [2.45, 2.75) is 28.2 Å². The molecule has 0 radical (unpaired) electrons. The third-order valence-corrected chi connectivity index (χ3v) is 9.71. The lowest BCUT2D eigenvalue weighted by atomic mass is 10.1. The second-order valence-corrected chi connectivity index (χ2v) is 14.5. The lowest BCUT2D eigenvalue weighted by Gasteiger charge is -2.08. The maximum atomic E-state index is 12.2. The topological polar surface area (TPSA) is 273 Å². The van der Waals surface area contributed by atoms with Crippen molar-refractivity contribution in [3.63, 3.8) is 0 Å². The van der Waals surface area contributed by atoms with Crippen LogP contribution in [0.2, 0.25) is 0 Å². The molecule has 0 spiro atoms. The number of hydrogen-bond acceptors (Lipinski definition) is 15. The van der Waals surface area contributed by atoms with Crippen molar-refractivity contribution < 1.29 is 59.2 Å². The fourth-order valence-electron chi connectivity index (χ4n) is 6.74. The van der Waals surface area contributed by atoms with Crippen molar-refractivity contribution in [1.29, 1.82) is 0 Å². The van der Waals surface area contributed by atoms with Gasteiger partial charge in [-0.25, -0.2) is 0 Å². The Balaban J connectivity index is 0.000000158. The molecule has 3 aromatic heterocycles. The number of hydrogen-bond donors (Lipinski definition) is 9. The zero-order valence-electron chi connectivity index (χ0n) is 33.4. The number of phenolic OH excluding ortho intramolecular Hbond substituents is 8. The van der Waals surface area contributed by atoms with Crippen molar-refractivity contribution in [2.24, 2.45) is 0 Å². The van der Waals surface area contributed by atoms with Crippen molar-refractivity contribution >= 4 is 32.9 Å². The Morgan fingerprint density at radius 3 is 1.44 bits per heavy atom. The summed E-state index contributed by atoms with van der Waals surface area (Å²) in [5, 5.41) is 86.8. The number of aryl methyl sites for hydroxylation is 3. The normalized spacial score (nSPS) is 10.7. The summed E-state index contributed by atoms with van der Waals surface area (Å²) in [6, 6.07) is 26.0. The molecule has 0 saturated heterocycles. The average molecular weight is 869 g/mol. The third-order valence-electron chi connectivity index (χ3n) is 9.71. The Labute approximate surface area is 361 Å². The van der Waals surface area contributed by atoms with E-state index in [-0.39, 0.29) is 97.6 Å². The Bertz CT molecular complexity index is 3430. The number of phenols is 8. The van der Waals surface area contributed by atoms with Gasteiger partial charge in [0.25, 0.3) is 0 Å². The molecule has 0 saturated carbocycles. The molecule has 0 aliphatic carbocycles. The van der Waals surface area contributed by atoms with E-state index in [1.54, 1.807) is 45.0 Å². The zero-order chi connectivity index (χ0) is 45.4. The summed E-state index contributed by atoms with van der Waals surface area (Å²) >= 11 is 0. The van der Waals surface area contributed by atoms with E-state index < -0.39 is 16.9 Å². The van der Waals surface area contributed by atoms with Crippen LogP contribution >= 0.6 is 0 Å². The highest BCUT2D eigenvalue weighted by atomic mass is 16.4. The molecule has 9 aromatic rings. The second kappa shape index (κ2) is 17.6. The molecule has 0 atom stereocenters. The highest BCUT2D eigenvalue weighted by Crippen LogP contribution is 2.37. The quantitative estimate of drug-likeness (QED) is 0.0748. The molecule has 9 rings (SSSR count). The van der Waals surface area contributed by atoms with Crippen molar-refractivity contribution in [3.8, 4) is 85.7 Å². The van der Waals surface area contributed by atoms with Gasteiger partial charge < -0.3 is 59.2 Å². The summed E-state index contributed by atoms with van der Waals surface area (Å²) in [5.74, 6) is -1.71. The molecule has 0 aliphatic rings. The molecular formula is C49H40O15. The summed E-state index contributed by atoms with van der Waals surface area (Å²) in [5.41, 5.74) is 2.87. The Hall–Kier alpha value is -8.85. The van der Waals surface area contributed by atoms with Gasteiger partial charge in [0.15, 0.2) is 39.6 Å². The number of benzene rings is 6. The van der Waals surface area contributed by atoms with Crippen LogP contribution in [-0.4, -0.2) is 46.0 Å². The van der Waals surface area contributed by atoms with E-state index in [1.807, 2.05) is 0 Å². The Kier molecular flexibility index (Phi) is 12.3. The lowest BCUT2D eigenvalue weighted by Crippen LogP contribution is -2.03. The van der Waals surface area contributed by atoms with Gasteiger partial charge in [-0.15, -0.1) is 0 Å². The van der Waals surface area contributed by atoms with Gasteiger partial charge in [-0.3, -0.25) is 14.4 Å². The van der Waals surface area contributed by atoms with E-state index in [4.69, 9.17) is 13.3 Å². The van der Waals surface area contributed by atoms with Gasteiger partial charge in [-0.05, 0) is 128 Å². The first-order valence-corrected chi connectivity index (χ1v) is 18.8. The summed E-state index contributed by atoms with van der Waals surface area (Å²) in [6.07, 6.45) is 0. The SMILES string of the molecule is C.Cc1cc(O)c2c(=O)c(O)c(-c3ccc(O)c(O)c3)oc2c1.Cc1cc(O)c2c(=O)cc(-c3ccc(O)c(O)c3)oc2c1.Cc1cc(O)cc2oc(-c3ccc(O)cc3)cc(=O)c12. The Morgan fingerprint density at radius 2 is 0.859 bits per heavy atom. The maximum Gasteiger partial charge on any atom is 0.238 e. The fraction of sp³-hybridized carbons (Fsp3) is 0.0816. The molecular weight excluding hydrogens is 829 g/mol. The molecule has 15 heteroatoms. The predicted molar refractivity (Wildman–Crippen MR) is 240 cm³/mol. The van der Waals surface area contributed by atoms with Crippen LogP contribution < -0.4 is 16.3 Å². The van der Waals surface area contributed by atoms with E-state index in [1.165, 1.54) is 78.9 Å².